The third-order valence-corrected chi connectivity index (χ3v) is 3.31. The van der Waals surface area contributed by atoms with E-state index in [1.807, 2.05) is 0 Å². The van der Waals surface area contributed by atoms with Crippen molar-refractivity contribution >= 4 is 21.6 Å². The normalized spacial score (nSPS) is 11.1. The van der Waals surface area contributed by atoms with Crippen molar-refractivity contribution < 1.29 is 22.0 Å². The minimum Gasteiger partial charge on any atom is -0.430 e. The average Bonchev–Trinajstić information content (AvgIpc) is 2.37. The highest BCUT2D eigenvalue weighted by Gasteiger charge is 2.13. The molecule has 1 aromatic carbocycles. The van der Waals surface area contributed by atoms with E-state index in [1.165, 1.54) is 6.07 Å². The molecule has 3 N–H and O–H groups in total. The van der Waals surface area contributed by atoms with Gasteiger partial charge in [-0.2, -0.15) is 0 Å². The number of rotatable bonds is 3. The molecule has 0 fully saturated rings. The van der Waals surface area contributed by atoms with Crippen LogP contribution in [-0.4, -0.2) is 14.3 Å². The summed E-state index contributed by atoms with van der Waals surface area (Å²) >= 11 is 0. The first kappa shape index (κ1) is 14.9. The summed E-state index contributed by atoms with van der Waals surface area (Å²) in [6.45, 7) is 0. The smallest absolute Gasteiger partial charge is 0.335 e. The lowest BCUT2D eigenvalue weighted by Crippen LogP contribution is -2.15. The summed E-state index contributed by atoms with van der Waals surface area (Å²) in [6, 6.07) is 4.91. The van der Waals surface area contributed by atoms with Crippen LogP contribution in [0.5, 0.6) is 0 Å². The Kier molecular flexibility index (Phi) is 3.87. The molecule has 0 spiro atoms. The van der Waals surface area contributed by atoms with E-state index in [0.717, 1.165) is 30.5 Å². The van der Waals surface area contributed by atoms with E-state index in [4.69, 9.17) is 5.14 Å². The van der Waals surface area contributed by atoms with Crippen LogP contribution in [0.25, 0.3) is 0 Å². The fourth-order valence-corrected chi connectivity index (χ4v) is 2.06. The van der Waals surface area contributed by atoms with Gasteiger partial charge in [-0.15, -0.1) is 0 Å². The van der Waals surface area contributed by atoms with Gasteiger partial charge in [0, 0.05) is 11.8 Å². The second-order valence-corrected chi connectivity index (χ2v) is 5.58. The van der Waals surface area contributed by atoms with E-state index in [0.29, 0.717) is 0 Å². The third-order valence-electron chi connectivity index (χ3n) is 2.42. The number of anilines is 1. The SMILES string of the molecule is NS(=O)(=O)c1cc(F)cc(NC(=O)c2ccc(=O)oc2)c1. The summed E-state index contributed by atoms with van der Waals surface area (Å²) in [5.74, 6) is -1.58. The molecular weight excluding hydrogens is 303 g/mol. The van der Waals surface area contributed by atoms with E-state index < -0.39 is 32.3 Å². The average molecular weight is 312 g/mol. The maximum Gasteiger partial charge on any atom is 0.335 e. The molecule has 0 aliphatic heterocycles. The molecule has 0 atom stereocenters. The Hall–Kier alpha value is -2.52. The number of carbonyl (C=O) groups is 1. The molecule has 9 heteroatoms. The van der Waals surface area contributed by atoms with Crippen LogP contribution in [0.4, 0.5) is 10.1 Å². The molecule has 21 heavy (non-hydrogen) atoms. The molecule has 110 valence electrons. The topological polar surface area (TPSA) is 119 Å². The van der Waals surface area contributed by atoms with E-state index in [-0.39, 0.29) is 11.3 Å². The summed E-state index contributed by atoms with van der Waals surface area (Å²) in [6.07, 6.45) is 0.928. The standard InChI is InChI=1S/C12H9FN2O5S/c13-8-3-9(5-10(4-8)21(14,18)19)15-12(17)7-1-2-11(16)20-6-7/h1-6H,(H,15,17)(H2,14,18,19). The van der Waals surface area contributed by atoms with E-state index >= 15 is 0 Å². The van der Waals surface area contributed by atoms with Crippen molar-refractivity contribution in [3.05, 3.63) is 58.4 Å². The predicted octanol–water partition coefficient (Wildman–Crippen LogP) is 0.679. The molecule has 1 amide bonds. The van der Waals surface area contributed by atoms with E-state index in [9.17, 15) is 22.4 Å². The first-order valence-electron chi connectivity index (χ1n) is 5.49. The number of carbonyl (C=O) groups excluding carboxylic acids is 1. The lowest BCUT2D eigenvalue weighted by atomic mass is 10.2. The number of primary sulfonamides is 1. The van der Waals surface area contributed by atoms with Gasteiger partial charge in [-0.1, -0.05) is 0 Å². The third kappa shape index (κ3) is 3.74. The molecule has 0 saturated heterocycles. The van der Waals surface area contributed by atoms with Gasteiger partial charge in [0.25, 0.3) is 5.91 Å². The Balaban J connectivity index is 2.31. The second kappa shape index (κ2) is 5.46. The highest BCUT2D eigenvalue weighted by molar-refractivity contribution is 7.89. The van der Waals surface area contributed by atoms with Gasteiger partial charge >= 0.3 is 5.63 Å². The van der Waals surface area contributed by atoms with Crippen LogP contribution in [0.2, 0.25) is 0 Å². The number of sulfonamides is 1. The molecule has 0 aliphatic carbocycles. The van der Waals surface area contributed by atoms with Gasteiger partial charge in [0.05, 0.1) is 10.5 Å². The van der Waals surface area contributed by atoms with Crippen molar-refractivity contribution in [1.29, 1.82) is 0 Å². The first-order valence-corrected chi connectivity index (χ1v) is 7.04. The number of amides is 1. The van der Waals surface area contributed by atoms with Crippen molar-refractivity contribution in [2.24, 2.45) is 5.14 Å². The van der Waals surface area contributed by atoms with Gasteiger partial charge in [-0.05, 0) is 24.3 Å². The van der Waals surface area contributed by atoms with Crippen LogP contribution >= 0.6 is 0 Å². The number of benzene rings is 1. The lowest BCUT2D eigenvalue weighted by molar-refractivity contribution is 0.102. The Labute approximate surface area is 118 Å². The second-order valence-electron chi connectivity index (χ2n) is 4.02. The number of halogens is 1. The largest absolute Gasteiger partial charge is 0.430 e. The Morgan fingerprint density at radius 1 is 1.24 bits per heavy atom. The predicted molar refractivity (Wildman–Crippen MR) is 70.7 cm³/mol. The Morgan fingerprint density at radius 3 is 2.52 bits per heavy atom. The highest BCUT2D eigenvalue weighted by atomic mass is 32.2. The minimum atomic E-state index is -4.11. The van der Waals surface area contributed by atoms with E-state index in [2.05, 4.69) is 9.73 Å². The molecule has 1 heterocycles. The zero-order chi connectivity index (χ0) is 15.6. The van der Waals surface area contributed by atoms with Crippen molar-refractivity contribution in [2.45, 2.75) is 4.90 Å². The molecule has 0 saturated carbocycles. The van der Waals surface area contributed by atoms with Crippen molar-refractivity contribution in [1.82, 2.24) is 0 Å². The molecule has 0 bridgehead atoms. The number of nitrogens with one attached hydrogen (secondary N) is 1. The zero-order valence-corrected chi connectivity index (χ0v) is 11.2. The molecule has 0 radical (unpaired) electrons. The minimum absolute atomic E-state index is 0.0102. The molecular formula is C12H9FN2O5S. The summed E-state index contributed by atoms with van der Waals surface area (Å²) in [7, 11) is -4.11. The van der Waals surface area contributed by atoms with Crippen LogP contribution in [0, 0.1) is 5.82 Å². The fourth-order valence-electron chi connectivity index (χ4n) is 1.49. The maximum atomic E-state index is 13.3. The van der Waals surface area contributed by atoms with Crippen LogP contribution in [0.3, 0.4) is 0 Å². The summed E-state index contributed by atoms with van der Waals surface area (Å²) in [5.41, 5.74) is -0.722. The summed E-state index contributed by atoms with van der Waals surface area (Å²) in [5, 5.41) is 7.17. The Morgan fingerprint density at radius 2 is 1.95 bits per heavy atom. The zero-order valence-electron chi connectivity index (χ0n) is 10.4. The Bertz CT molecular complexity index is 840. The fraction of sp³-hybridized carbons (Fsp3) is 0. The maximum absolute atomic E-state index is 13.3. The van der Waals surface area contributed by atoms with Gasteiger partial charge in [-0.3, -0.25) is 4.79 Å². The van der Waals surface area contributed by atoms with Gasteiger partial charge in [0.15, 0.2) is 0 Å². The molecule has 2 rings (SSSR count). The van der Waals surface area contributed by atoms with Gasteiger partial charge in [-0.25, -0.2) is 22.7 Å². The molecule has 7 nitrogen and oxygen atoms in total. The van der Waals surface area contributed by atoms with Gasteiger partial charge in [0.2, 0.25) is 10.0 Å². The molecule has 2 aromatic rings. The van der Waals surface area contributed by atoms with Crippen molar-refractivity contribution in [3.63, 3.8) is 0 Å². The van der Waals surface area contributed by atoms with Crippen LogP contribution < -0.4 is 16.1 Å². The number of hydrogen-bond acceptors (Lipinski definition) is 5. The quantitative estimate of drug-likeness (QED) is 0.863. The summed E-state index contributed by atoms with van der Waals surface area (Å²) < 4.78 is 40.2. The summed E-state index contributed by atoms with van der Waals surface area (Å²) in [4.78, 5) is 22.1. The van der Waals surface area contributed by atoms with Gasteiger partial charge < -0.3 is 9.73 Å². The molecule has 0 aliphatic rings. The van der Waals surface area contributed by atoms with Gasteiger partial charge in [0.1, 0.15) is 12.1 Å². The van der Waals surface area contributed by atoms with Crippen molar-refractivity contribution in [3.8, 4) is 0 Å². The monoisotopic (exact) mass is 312 g/mol. The first-order chi connectivity index (χ1) is 9.75. The molecule has 0 unspecified atom stereocenters. The van der Waals surface area contributed by atoms with Crippen LogP contribution in [0.1, 0.15) is 10.4 Å². The van der Waals surface area contributed by atoms with Crippen LogP contribution in [-0.2, 0) is 10.0 Å². The number of hydrogen-bond donors (Lipinski definition) is 2. The van der Waals surface area contributed by atoms with E-state index in [1.54, 1.807) is 0 Å². The lowest BCUT2D eigenvalue weighted by Gasteiger charge is -2.07. The molecule has 1 aromatic heterocycles. The van der Waals surface area contributed by atoms with Crippen LogP contribution in [0.15, 0.2) is 50.7 Å². The van der Waals surface area contributed by atoms with Crippen molar-refractivity contribution in [2.75, 3.05) is 5.32 Å². The number of nitrogens with two attached hydrogens (primary N) is 1. The highest BCUT2D eigenvalue weighted by Crippen LogP contribution is 2.17.